The number of nitrogens with one attached hydrogen (secondary N) is 1. The molecule has 0 fully saturated rings. The van der Waals surface area contributed by atoms with Gasteiger partial charge in [0.05, 0.1) is 11.4 Å². The van der Waals surface area contributed by atoms with Crippen molar-refractivity contribution in [1.29, 1.82) is 0 Å². The highest BCUT2D eigenvalue weighted by Gasteiger charge is 2.23. The zero-order valence-corrected chi connectivity index (χ0v) is 22.4. The van der Waals surface area contributed by atoms with Gasteiger partial charge in [0.15, 0.2) is 0 Å². The topological polar surface area (TPSA) is 71.5 Å². The average Bonchev–Trinajstić information content (AvgIpc) is 2.51. The number of hydrogen-bond donors (Lipinski definition) is 1. The van der Waals surface area contributed by atoms with Crippen molar-refractivity contribution in [2.24, 2.45) is 0 Å². The Hall–Kier alpha value is -1.56. The first-order chi connectivity index (χ1) is 13.2. The fourth-order valence-electron chi connectivity index (χ4n) is 2.33. The number of nitrogens with zero attached hydrogens (tertiary/aromatic N) is 3. The fourth-order valence-corrected chi connectivity index (χ4v) is 2.72. The normalized spacial score (nSPS) is 13.0. The van der Waals surface area contributed by atoms with Crippen molar-refractivity contribution in [3.63, 3.8) is 0 Å². The third-order valence-corrected chi connectivity index (χ3v) is 4.76. The predicted octanol–water partition coefficient (Wildman–Crippen LogP) is 6.20. The molecule has 2 aromatic rings. The maximum Gasteiger partial charge on any atom is 0.251 e. The first kappa shape index (κ1) is 26.5. The van der Waals surface area contributed by atoms with Crippen molar-refractivity contribution in [3.8, 4) is 0 Å². The first-order valence-electron chi connectivity index (χ1n) is 10.4. The van der Waals surface area contributed by atoms with Crippen LogP contribution < -0.4 is 5.56 Å². The summed E-state index contributed by atoms with van der Waals surface area (Å²) in [6, 6.07) is 3.57. The van der Waals surface area contributed by atoms with Crippen LogP contribution in [-0.4, -0.2) is 19.9 Å². The molecule has 1 N–H and O–H groups in total. The average molecular weight is 480 g/mol. The quantitative estimate of drug-likeness (QED) is 0.457. The first-order valence-corrected chi connectivity index (χ1v) is 11.2. The van der Waals surface area contributed by atoms with Gasteiger partial charge in [-0.05, 0) is 22.0 Å². The molecule has 30 heavy (non-hydrogen) atoms. The Bertz CT molecular complexity index is 853. The van der Waals surface area contributed by atoms with E-state index in [0.717, 1.165) is 27.6 Å². The van der Waals surface area contributed by atoms with Crippen LogP contribution in [0.1, 0.15) is 106 Å². The number of hydrogen-bond acceptors (Lipinski definition) is 4. The molecule has 2 rings (SSSR count). The van der Waals surface area contributed by atoms with Crippen molar-refractivity contribution in [2.75, 3.05) is 0 Å². The third kappa shape index (κ3) is 7.93. The molecule has 0 aliphatic heterocycles. The zero-order chi connectivity index (χ0) is 23.7. The van der Waals surface area contributed by atoms with E-state index in [1.807, 2.05) is 26.8 Å². The Morgan fingerprint density at radius 2 is 1.13 bits per heavy atom. The minimum absolute atomic E-state index is 0.0101. The van der Waals surface area contributed by atoms with Gasteiger partial charge in [0, 0.05) is 27.7 Å². The number of aromatic amines is 1. The van der Waals surface area contributed by atoms with E-state index in [1.54, 1.807) is 6.07 Å². The van der Waals surface area contributed by atoms with Gasteiger partial charge in [0.1, 0.15) is 16.3 Å². The molecule has 0 spiro atoms. The van der Waals surface area contributed by atoms with Crippen molar-refractivity contribution < 1.29 is 0 Å². The van der Waals surface area contributed by atoms with Crippen molar-refractivity contribution in [2.45, 2.75) is 105 Å². The molecule has 0 bridgehead atoms. The summed E-state index contributed by atoms with van der Waals surface area (Å²) in [5.41, 5.74) is 1.69. The molecule has 0 radical (unpaired) electrons. The predicted molar refractivity (Wildman–Crippen MR) is 129 cm³/mol. The molecule has 0 aliphatic carbocycles. The second kappa shape index (κ2) is 8.89. The van der Waals surface area contributed by atoms with E-state index in [4.69, 9.17) is 0 Å². The zero-order valence-electron chi connectivity index (χ0n) is 20.8. The van der Waals surface area contributed by atoms with Gasteiger partial charge < -0.3 is 4.98 Å². The number of H-pyrrole nitrogens is 1. The van der Waals surface area contributed by atoms with E-state index >= 15 is 0 Å². The monoisotopic (exact) mass is 478 g/mol. The summed E-state index contributed by atoms with van der Waals surface area (Å²) < 4.78 is 0.868. The summed E-state index contributed by atoms with van der Waals surface area (Å²) in [5.74, 6) is 1.64. The molecule has 0 aliphatic rings. The lowest BCUT2D eigenvalue weighted by atomic mass is 9.90. The van der Waals surface area contributed by atoms with Crippen LogP contribution in [-0.2, 0) is 21.7 Å². The maximum atomic E-state index is 11.5. The minimum Gasteiger partial charge on any atom is -0.310 e. The largest absolute Gasteiger partial charge is 0.310 e. The highest BCUT2D eigenvalue weighted by atomic mass is 79.9. The molecule has 0 saturated carbocycles. The summed E-state index contributed by atoms with van der Waals surface area (Å²) in [6.07, 6.45) is 0. The van der Waals surface area contributed by atoms with Crippen LogP contribution in [0.5, 0.6) is 0 Å². The minimum atomic E-state index is -0.125. The van der Waals surface area contributed by atoms with Crippen LogP contribution in [0.4, 0.5) is 0 Å². The molecule has 0 saturated heterocycles. The van der Waals surface area contributed by atoms with Crippen LogP contribution >= 0.6 is 15.9 Å². The van der Waals surface area contributed by atoms with Gasteiger partial charge in [-0.2, -0.15) is 0 Å². The van der Waals surface area contributed by atoms with Crippen LogP contribution in [0.25, 0.3) is 0 Å². The lowest BCUT2D eigenvalue weighted by Crippen LogP contribution is -2.26. The highest BCUT2D eigenvalue weighted by molar-refractivity contribution is 9.10. The van der Waals surface area contributed by atoms with E-state index < -0.39 is 0 Å². The molecular formula is C24H39BrN4O. The lowest BCUT2D eigenvalue weighted by molar-refractivity contribution is 0.510. The summed E-state index contributed by atoms with van der Waals surface area (Å²) in [6.45, 7) is 25.1. The number of halogens is 1. The molecule has 0 amide bonds. The SMILES string of the molecule is CC(C)(C)c1cc(=O)[nH]c(C(C)(C)C)n1.CC(C)(C)c1cc(Br)nc(C(C)(C)C)n1. The van der Waals surface area contributed by atoms with E-state index in [0.29, 0.717) is 0 Å². The van der Waals surface area contributed by atoms with E-state index in [-0.39, 0.29) is 27.2 Å². The third-order valence-electron chi connectivity index (χ3n) is 4.35. The second-order valence-electron chi connectivity index (χ2n) is 11.9. The highest BCUT2D eigenvalue weighted by Crippen LogP contribution is 2.26. The van der Waals surface area contributed by atoms with Crippen LogP contribution in [0.3, 0.4) is 0 Å². The number of aromatic nitrogens is 4. The Balaban J connectivity index is 0.000000300. The smallest absolute Gasteiger partial charge is 0.251 e. The van der Waals surface area contributed by atoms with Gasteiger partial charge in [-0.15, -0.1) is 0 Å². The van der Waals surface area contributed by atoms with Gasteiger partial charge in [0.25, 0.3) is 5.56 Å². The van der Waals surface area contributed by atoms with E-state index in [1.165, 1.54) is 0 Å². The van der Waals surface area contributed by atoms with Crippen LogP contribution in [0, 0.1) is 0 Å². The standard InChI is InChI=1S/C12H19BrN2.C12H20N2O/c1-11(2,3)8-7-9(13)15-10(14-8)12(4,5)6;1-11(2,3)8-7-9(15)14-10(13-8)12(4,5)6/h7H,1-6H3;7H,1-6H3,(H,13,14,15). The maximum absolute atomic E-state index is 11.5. The van der Waals surface area contributed by atoms with E-state index in [2.05, 4.69) is 98.2 Å². The lowest BCUT2D eigenvalue weighted by Gasteiger charge is -2.22. The van der Waals surface area contributed by atoms with Crippen LogP contribution in [0.15, 0.2) is 21.5 Å². The Kier molecular flexibility index (Phi) is 7.85. The second-order valence-corrected chi connectivity index (χ2v) is 12.7. The van der Waals surface area contributed by atoms with Gasteiger partial charge >= 0.3 is 0 Å². The van der Waals surface area contributed by atoms with Crippen LogP contribution in [0.2, 0.25) is 0 Å². The molecule has 5 nitrogen and oxygen atoms in total. The molecule has 0 atom stereocenters. The summed E-state index contributed by atoms with van der Waals surface area (Å²) >= 11 is 3.45. The molecule has 168 valence electrons. The Morgan fingerprint density at radius 1 is 0.667 bits per heavy atom. The van der Waals surface area contributed by atoms with Gasteiger partial charge in [-0.25, -0.2) is 15.0 Å². The number of rotatable bonds is 0. The van der Waals surface area contributed by atoms with Crippen molar-refractivity contribution >= 4 is 15.9 Å². The van der Waals surface area contributed by atoms with Crippen molar-refractivity contribution in [1.82, 2.24) is 19.9 Å². The summed E-state index contributed by atoms with van der Waals surface area (Å²) in [7, 11) is 0. The Morgan fingerprint density at radius 3 is 1.53 bits per heavy atom. The molecule has 6 heteroatoms. The summed E-state index contributed by atoms with van der Waals surface area (Å²) in [4.78, 5) is 27.9. The molecule has 2 heterocycles. The summed E-state index contributed by atoms with van der Waals surface area (Å²) in [5, 5.41) is 0. The molecular weight excluding hydrogens is 440 g/mol. The van der Waals surface area contributed by atoms with E-state index in [9.17, 15) is 4.79 Å². The Labute approximate surface area is 190 Å². The molecule has 0 aromatic carbocycles. The van der Waals surface area contributed by atoms with Gasteiger partial charge in [-0.3, -0.25) is 4.79 Å². The molecule has 2 aromatic heterocycles. The van der Waals surface area contributed by atoms with Gasteiger partial charge in [0.2, 0.25) is 0 Å². The van der Waals surface area contributed by atoms with Crippen molar-refractivity contribution in [3.05, 3.63) is 50.1 Å². The molecule has 0 unspecified atom stereocenters. The fraction of sp³-hybridized carbons (Fsp3) is 0.667. The van der Waals surface area contributed by atoms with Gasteiger partial charge in [-0.1, -0.05) is 83.1 Å².